The third-order valence-corrected chi connectivity index (χ3v) is 4.61. The molecule has 0 saturated carbocycles. The number of hydrogen-bond donors (Lipinski definition) is 0. The lowest BCUT2D eigenvalue weighted by Gasteiger charge is -2.24. The number of nitrogens with zero attached hydrogens (tertiary/aromatic N) is 1. The first-order valence-corrected chi connectivity index (χ1v) is 9.23. The van der Waals surface area contributed by atoms with E-state index in [0.717, 1.165) is 31.5 Å². The number of quaternary nitrogens is 1. The quantitative estimate of drug-likeness (QED) is 0.201. The second-order valence-corrected chi connectivity index (χ2v) is 8.41. The van der Waals surface area contributed by atoms with Crippen LogP contribution >= 0.6 is 7.80 Å². The molecule has 2 unspecified atom stereocenters. The zero-order valence-electron chi connectivity index (χ0n) is 14.3. The van der Waals surface area contributed by atoms with Gasteiger partial charge in [-0.2, -0.15) is 0 Å². The van der Waals surface area contributed by atoms with Gasteiger partial charge in [0.25, 0.3) is 0 Å². The Morgan fingerprint density at radius 1 is 1.18 bits per heavy atom. The van der Waals surface area contributed by atoms with Crippen LogP contribution in [0.2, 0.25) is 0 Å². The second kappa shape index (κ2) is 10.6. The molecule has 0 amide bonds. The molecule has 0 rings (SSSR count). The van der Waals surface area contributed by atoms with E-state index in [-0.39, 0.29) is 0 Å². The molecule has 0 saturated heterocycles. The summed E-state index contributed by atoms with van der Waals surface area (Å²) in [4.78, 5) is 22.8. The highest BCUT2D eigenvalue weighted by atomic mass is 31.1. The zero-order chi connectivity index (χ0) is 17.2. The maximum absolute atomic E-state index is 12.0. The highest BCUT2D eigenvalue weighted by Gasteiger charge is 2.18. The van der Waals surface area contributed by atoms with Crippen LogP contribution in [-0.4, -0.2) is 62.7 Å². The minimum Gasteiger partial charge on any atom is -0.463 e. The van der Waals surface area contributed by atoms with Crippen LogP contribution in [0.15, 0.2) is 12.2 Å². The number of esters is 2. The highest BCUT2D eigenvalue weighted by molar-refractivity contribution is 7.45. The number of ether oxygens (including phenoxy) is 2. The minimum atomic E-state index is -2.01. The fraction of sp³-hybridized carbons (Fsp3) is 0.733. The summed E-state index contributed by atoms with van der Waals surface area (Å²) in [5.41, 5.74) is 0. The molecule has 0 aliphatic rings. The number of rotatable bonds is 10. The number of carbonyl (C=O) groups excluding carboxylic acids is 2. The summed E-state index contributed by atoms with van der Waals surface area (Å²) >= 11 is 0. The molecule has 0 spiro atoms. The average molecular weight is 334 g/mol. The van der Waals surface area contributed by atoms with Crippen molar-refractivity contribution in [2.75, 3.05) is 40.5 Å². The van der Waals surface area contributed by atoms with Crippen LogP contribution in [0.4, 0.5) is 0 Å². The van der Waals surface area contributed by atoms with E-state index in [1.54, 1.807) is 6.92 Å². The third-order valence-electron chi connectivity index (χ3n) is 2.87. The van der Waals surface area contributed by atoms with Gasteiger partial charge in [-0.1, -0.05) is 13.3 Å². The molecule has 0 aromatic heterocycles. The molecule has 128 valence electrons. The Labute approximate surface area is 133 Å². The average Bonchev–Trinajstić information content (AvgIpc) is 2.42. The molecule has 0 aliphatic carbocycles. The lowest BCUT2D eigenvalue weighted by molar-refractivity contribution is -0.867. The summed E-state index contributed by atoms with van der Waals surface area (Å²) in [5.74, 6) is -1.89. The summed E-state index contributed by atoms with van der Waals surface area (Å²) in [6.45, 7) is 4.69. The summed E-state index contributed by atoms with van der Waals surface area (Å²) < 4.78 is 22.6. The highest BCUT2D eigenvalue weighted by Crippen LogP contribution is 2.28. The molecule has 0 heterocycles. The Bertz CT molecular complexity index is 415. The lowest BCUT2D eigenvalue weighted by Crippen LogP contribution is -2.36. The normalized spacial score (nSPS) is 14.6. The van der Waals surface area contributed by atoms with E-state index in [2.05, 4.69) is 0 Å². The maximum Gasteiger partial charge on any atom is 0.331 e. The van der Waals surface area contributed by atoms with Crippen LogP contribution < -0.4 is 0 Å². The van der Waals surface area contributed by atoms with Crippen molar-refractivity contribution in [2.45, 2.75) is 32.5 Å². The van der Waals surface area contributed by atoms with Crippen molar-refractivity contribution in [2.24, 2.45) is 0 Å². The second-order valence-electron chi connectivity index (χ2n) is 6.16. The number of carbonyl (C=O) groups is 2. The first-order valence-electron chi connectivity index (χ1n) is 7.54. The van der Waals surface area contributed by atoms with E-state index in [4.69, 9.17) is 9.47 Å². The van der Waals surface area contributed by atoms with Crippen molar-refractivity contribution >= 4 is 19.7 Å². The zero-order valence-corrected chi connectivity index (χ0v) is 15.3. The van der Waals surface area contributed by atoms with Crippen molar-refractivity contribution < 1.29 is 28.1 Å². The van der Waals surface area contributed by atoms with E-state index < -0.39 is 25.6 Å². The van der Waals surface area contributed by atoms with Gasteiger partial charge in [0.15, 0.2) is 0 Å². The minimum absolute atomic E-state index is 0.337. The summed E-state index contributed by atoms with van der Waals surface area (Å²) in [7, 11) is 4.03. The van der Waals surface area contributed by atoms with Crippen molar-refractivity contribution in [1.82, 2.24) is 0 Å². The molecule has 0 fully saturated rings. The number of hydrogen-bond acceptors (Lipinski definition) is 5. The van der Waals surface area contributed by atoms with Crippen molar-refractivity contribution in [3.8, 4) is 0 Å². The van der Waals surface area contributed by atoms with Gasteiger partial charge in [-0.25, -0.2) is 9.59 Å². The monoisotopic (exact) mass is 334 g/mol. The largest absolute Gasteiger partial charge is 0.463 e. The van der Waals surface area contributed by atoms with Gasteiger partial charge in [-0.15, -0.1) is 0 Å². The summed E-state index contributed by atoms with van der Waals surface area (Å²) in [6, 6.07) is 0. The van der Waals surface area contributed by atoms with Crippen LogP contribution in [0, 0.1) is 0 Å². The van der Waals surface area contributed by atoms with E-state index >= 15 is 0 Å². The first kappa shape index (κ1) is 20.9. The standard InChI is InChI=1S/C15H29NO5P/c1-6-7-11-20-14(17)8-9-15(18)21-13(2)22(19)12-10-16(3,4)5/h8-9,13,22H,6-7,10-12H2,1-5H3/q+1/b9-8+. The number of unbranched alkanes of at least 4 members (excludes halogenated alkanes) is 1. The Kier molecular flexibility index (Phi) is 10.0. The molecule has 7 heteroatoms. The summed E-state index contributed by atoms with van der Waals surface area (Å²) in [6.07, 6.45) is 4.28. The van der Waals surface area contributed by atoms with E-state index in [1.807, 2.05) is 28.1 Å². The molecular weight excluding hydrogens is 305 g/mol. The first-order chi connectivity index (χ1) is 10.2. The van der Waals surface area contributed by atoms with E-state index in [9.17, 15) is 14.2 Å². The molecule has 6 nitrogen and oxygen atoms in total. The van der Waals surface area contributed by atoms with Crippen LogP contribution in [0.1, 0.15) is 26.7 Å². The Balaban J connectivity index is 4.13. The smallest absolute Gasteiger partial charge is 0.331 e. The molecule has 0 aromatic carbocycles. The van der Waals surface area contributed by atoms with Gasteiger partial charge in [-0.05, 0) is 13.3 Å². The van der Waals surface area contributed by atoms with Crippen molar-refractivity contribution in [1.29, 1.82) is 0 Å². The Hall–Kier alpha value is -1.13. The van der Waals surface area contributed by atoms with Gasteiger partial charge in [0.2, 0.25) is 0 Å². The molecule has 22 heavy (non-hydrogen) atoms. The van der Waals surface area contributed by atoms with Gasteiger partial charge in [0, 0.05) is 12.2 Å². The van der Waals surface area contributed by atoms with Gasteiger partial charge in [-0.3, -0.25) is 0 Å². The molecule has 0 aromatic rings. The van der Waals surface area contributed by atoms with Crippen molar-refractivity contribution in [3.63, 3.8) is 0 Å². The molecular formula is C15H29NO5P+. The van der Waals surface area contributed by atoms with Gasteiger partial charge in [0.05, 0.1) is 40.5 Å². The van der Waals surface area contributed by atoms with Crippen LogP contribution in [0.25, 0.3) is 0 Å². The van der Waals surface area contributed by atoms with Crippen LogP contribution in [0.5, 0.6) is 0 Å². The molecule has 2 atom stereocenters. The Morgan fingerprint density at radius 3 is 2.32 bits per heavy atom. The predicted octanol–water partition coefficient (Wildman–Crippen LogP) is 2.04. The van der Waals surface area contributed by atoms with Gasteiger partial charge < -0.3 is 18.5 Å². The van der Waals surface area contributed by atoms with E-state index in [1.165, 1.54) is 0 Å². The molecule has 0 radical (unpaired) electrons. The van der Waals surface area contributed by atoms with Gasteiger partial charge >= 0.3 is 11.9 Å². The van der Waals surface area contributed by atoms with Gasteiger partial charge in [0.1, 0.15) is 13.6 Å². The third kappa shape index (κ3) is 11.5. The fourth-order valence-electron chi connectivity index (χ4n) is 1.43. The SMILES string of the molecule is CCCCOC(=O)/C=C/C(=O)OC(C)[PH](=O)CC[N+](C)(C)C. The molecule has 0 aliphatic heterocycles. The summed E-state index contributed by atoms with van der Waals surface area (Å²) in [5, 5.41) is 0. The van der Waals surface area contributed by atoms with Crippen LogP contribution in [-0.2, 0) is 23.6 Å². The fourth-order valence-corrected chi connectivity index (χ4v) is 2.97. The van der Waals surface area contributed by atoms with E-state index in [0.29, 0.717) is 17.3 Å². The van der Waals surface area contributed by atoms with Crippen LogP contribution in [0.3, 0.4) is 0 Å². The lowest BCUT2D eigenvalue weighted by atomic mass is 10.4. The Morgan fingerprint density at radius 2 is 1.77 bits per heavy atom. The topological polar surface area (TPSA) is 69.7 Å². The van der Waals surface area contributed by atoms with Crippen molar-refractivity contribution in [3.05, 3.63) is 12.2 Å². The predicted molar refractivity (Wildman–Crippen MR) is 87.3 cm³/mol. The maximum atomic E-state index is 12.0. The molecule has 0 N–H and O–H groups in total. The molecule has 0 bridgehead atoms.